The molecular formula is C17H15ClO2S. The number of hydrogen-bond donors (Lipinski definition) is 0. The van der Waals surface area contributed by atoms with E-state index < -0.39 is 5.24 Å². The van der Waals surface area contributed by atoms with Gasteiger partial charge in [-0.1, -0.05) is 72.4 Å². The number of halogens is 1. The standard InChI is InChI=1S/C17H15ClO2S/c18-16(19)15(11-13-7-3-1-4-8-13)12-21-17(20)14-9-5-2-6-10-14/h1-10,15H,11-12H2. The maximum absolute atomic E-state index is 12.0. The summed E-state index contributed by atoms with van der Waals surface area (Å²) in [6.45, 7) is 0. The van der Waals surface area contributed by atoms with Gasteiger partial charge < -0.3 is 0 Å². The zero-order valence-electron chi connectivity index (χ0n) is 11.4. The first-order chi connectivity index (χ1) is 10.2. The van der Waals surface area contributed by atoms with Crippen LogP contribution in [0.3, 0.4) is 0 Å². The molecule has 0 saturated carbocycles. The summed E-state index contributed by atoms with van der Waals surface area (Å²) in [5.41, 5.74) is 1.69. The zero-order valence-corrected chi connectivity index (χ0v) is 12.9. The molecule has 2 aromatic carbocycles. The molecule has 2 rings (SSSR count). The van der Waals surface area contributed by atoms with E-state index in [4.69, 9.17) is 11.6 Å². The Morgan fingerprint density at radius 3 is 2.10 bits per heavy atom. The highest BCUT2D eigenvalue weighted by atomic mass is 35.5. The SMILES string of the molecule is O=C(SCC(Cc1ccccc1)C(=O)Cl)c1ccccc1. The molecule has 0 aliphatic carbocycles. The van der Waals surface area contributed by atoms with Crippen molar-refractivity contribution >= 4 is 33.7 Å². The molecule has 1 unspecified atom stereocenters. The Kier molecular flexibility index (Phi) is 6.03. The molecule has 0 spiro atoms. The van der Waals surface area contributed by atoms with Crippen molar-refractivity contribution in [2.45, 2.75) is 6.42 Å². The van der Waals surface area contributed by atoms with Crippen LogP contribution in [0.25, 0.3) is 0 Å². The molecule has 4 heteroatoms. The normalized spacial score (nSPS) is 11.9. The maximum Gasteiger partial charge on any atom is 0.225 e. The molecule has 0 heterocycles. The minimum atomic E-state index is -0.396. The molecule has 21 heavy (non-hydrogen) atoms. The van der Waals surface area contributed by atoms with E-state index in [-0.39, 0.29) is 11.0 Å². The number of thioether (sulfide) groups is 1. The van der Waals surface area contributed by atoms with Crippen molar-refractivity contribution in [1.29, 1.82) is 0 Å². The fraction of sp³-hybridized carbons (Fsp3) is 0.176. The van der Waals surface area contributed by atoms with E-state index in [0.29, 0.717) is 17.7 Å². The molecule has 0 saturated heterocycles. The minimum absolute atomic E-state index is 0.0356. The van der Waals surface area contributed by atoms with Crippen LogP contribution in [0.2, 0.25) is 0 Å². The van der Waals surface area contributed by atoms with Crippen molar-refractivity contribution < 1.29 is 9.59 Å². The number of rotatable bonds is 6. The van der Waals surface area contributed by atoms with Gasteiger partial charge in [0.1, 0.15) is 0 Å². The number of hydrogen-bond acceptors (Lipinski definition) is 3. The fourth-order valence-electron chi connectivity index (χ4n) is 1.94. The van der Waals surface area contributed by atoms with Crippen molar-refractivity contribution in [2.24, 2.45) is 5.92 Å². The van der Waals surface area contributed by atoms with E-state index in [2.05, 4.69) is 0 Å². The Bertz CT molecular complexity index is 599. The van der Waals surface area contributed by atoms with Gasteiger partial charge in [-0.3, -0.25) is 9.59 Å². The van der Waals surface area contributed by atoms with Gasteiger partial charge in [0.25, 0.3) is 0 Å². The highest BCUT2D eigenvalue weighted by Crippen LogP contribution is 2.20. The first kappa shape index (κ1) is 15.8. The quantitative estimate of drug-likeness (QED) is 0.749. The monoisotopic (exact) mass is 318 g/mol. The molecule has 0 N–H and O–H groups in total. The van der Waals surface area contributed by atoms with Gasteiger partial charge in [0, 0.05) is 17.2 Å². The highest BCUT2D eigenvalue weighted by Gasteiger charge is 2.19. The second-order valence-corrected chi connectivity index (χ2v) is 6.02. The van der Waals surface area contributed by atoms with Gasteiger partial charge >= 0.3 is 0 Å². The summed E-state index contributed by atoms with van der Waals surface area (Å²) >= 11 is 6.80. The van der Waals surface area contributed by atoms with Gasteiger partial charge in [-0.05, 0) is 23.6 Å². The van der Waals surface area contributed by atoms with Crippen LogP contribution in [0, 0.1) is 5.92 Å². The topological polar surface area (TPSA) is 34.1 Å². The fourth-order valence-corrected chi connectivity index (χ4v) is 3.11. The van der Waals surface area contributed by atoms with Gasteiger partial charge in [-0.25, -0.2) is 0 Å². The lowest BCUT2D eigenvalue weighted by Crippen LogP contribution is -2.16. The molecule has 0 fully saturated rings. The van der Waals surface area contributed by atoms with Gasteiger partial charge in [-0.2, -0.15) is 0 Å². The number of benzene rings is 2. The molecule has 0 aliphatic rings. The zero-order chi connectivity index (χ0) is 15.1. The van der Waals surface area contributed by atoms with E-state index in [1.54, 1.807) is 12.1 Å². The van der Waals surface area contributed by atoms with Crippen LogP contribution in [-0.4, -0.2) is 16.1 Å². The smallest absolute Gasteiger partial charge is 0.225 e. The minimum Gasteiger partial charge on any atom is -0.282 e. The average Bonchev–Trinajstić information content (AvgIpc) is 2.52. The van der Waals surface area contributed by atoms with Gasteiger partial charge in [0.15, 0.2) is 0 Å². The Morgan fingerprint density at radius 2 is 1.52 bits per heavy atom. The summed E-state index contributed by atoms with van der Waals surface area (Å²) in [5.74, 6) is 0.0389. The summed E-state index contributed by atoms with van der Waals surface area (Å²) < 4.78 is 0. The van der Waals surface area contributed by atoms with Crippen LogP contribution in [0.4, 0.5) is 0 Å². The molecule has 2 nitrogen and oxygen atoms in total. The van der Waals surface area contributed by atoms with E-state index in [0.717, 1.165) is 17.3 Å². The molecular weight excluding hydrogens is 304 g/mol. The van der Waals surface area contributed by atoms with Gasteiger partial charge in [-0.15, -0.1) is 0 Å². The van der Waals surface area contributed by atoms with Crippen LogP contribution in [0.15, 0.2) is 60.7 Å². The third-order valence-corrected chi connectivity index (χ3v) is 4.45. The summed E-state index contributed by atoms with van der Waals surface area (Å²) in [5, 5.41) is -0.432. The van der Waals surface area contributed by atoms with Gasteiger partial charge in [0.05, 0.1) is 0 Å². The van der Waals surface area contributed by atoms with Crippen LogP contribution in [-0.2, 0) is 11.2 Å². The van der Waals surface area contributed by atoms with Crippen molar-refractivity contribution in [3.8, 4) is 0 Å². The van der Waals surface area contributed by atoms with Gasteiger partial charge in [0.2, 0.25) is 10.4 Å². The lowest BCUT2D eigenvalue weighted by atomic mass is 10.0. The predicted molar refractivity (Wildman–Crippen MR) is 87.7 cm³/mol. The highest BCUT2D eigenvalue weighted by molar-refractivity contribution is 8.14. The van der Waals surface area contributed by atoms with Crippen molar-refractivity contribution in [3.63, 3.8) is 0 Å². The second kappa shape index (κ2) is 8.01. The van der Waals surface area contributed by atoms with Crippen molar-refractivity contribution in [2.75, 3.05) is 5.75 Å². The molecule has 108 valence electrons. The maximum atomic E-state index is 12.0. The molecule has 0 amide bonds. The Morgan fingerprint density at radius 1 is 0.952 bits per heavy atom. The molecule has 0 bridgehead atoms. The van der Waals surface area contributed by atoms with Crippen molar-refractivity contribution in [3.05, 3.63) is 71.8 Å². The molecule has 2 aromatic rings. The molecule has 0 aromatic heterocycles. The lowest BCUT2D eigenvalue weighted by Gasteiger charge is -2.11. The van der Waals surface area contributed by atoms with Crippen LogP contribution >= 0.6 is 23.4 Å². The van der Waals surface area contributed by atoms with Crippen LogP contribution in [0.5, 0.6) is 0 Å². The third-order valence-electron chi connectivity index (χ3n) is 3.07. The van der Waals surface area contributed by atoms with E-state index in [1.165, 1.54) is 0 Å². The van der Waals surface area contributed by atoms with Crippen LogP contribution < -0.4 is 0 Å². The Hall–Kier alpha value is -1.58. The molecule has 0 aliphatic heterocycles. The Labute approximate surface area is 133 Å². The van der Waals surface area contributed by atoms with E-state index in [9.17, 15) is 9.59 Å². The first-order valence-corrected chi connectivity index (χ1v) is 7.98. The van der Waals surface area contributed by atoms with Crippen molar-refractivity contribution in [1.82, 2.24) is 0 Å². The largest absolute Gasteiger partial charge is 0.282 e. The molecule has 1 atom stereocenters. The Balaban J connectivity index is 1.95. The van der Waals surface area contributed by atoms with E-state index >= 15 is 0 Å². The number of carbonyl (C=O) groups is 2. The predicted octanol–water partition coefficient (Wildman–Crippen LogP) is 4.18. The average molecular weight is 319 g/mol. The molecule has 0 radical (unpaired) electrons. The third kappa shape index (κ3) is 5.03. The summed E-state index contributed by atoms with van der Waals surface area (Å²) in [6, 6.07) is 18.7. The first-order valence-electron chi connectivity index (χ1n) is 6.62. The second-order valence-electron chi connectivity index (χ2n) is 4.66. The van der Waals surface area contributed by atoms with Crippen LogP contribution in [0.1, 0.15) is 15.9 Å². The lowest BCUT2D eigenvalue weighted by molar-refractivity contribution is -0.114. The number of carbonyl (C=O) groups excluding carboxylic acids is 2. The summed E-state index contributed by atoms with van der Waals surface area (Å²) in [4.78, 5) is 23.6. The summed E-state index contributed by atoms with van der Waals surface area (Å²) in [7, 11) is 0. The van der Waals surface area contributed by atoms with E-state index in [1.807, 2.05) is 48.5 Å². The summed E-state index contributed by atoms with van der Waals surface area (Å²) in [6.07, 6.45) is 0.554.